The van der Waals surface area contributed by atoms with Crippen LogP contribution in [0.4, 0.5) is 0 Å². The quantitative estimate of drug-likeness (QED) is 0.133. The van der Waals surface area contributed by atoms with E-state index in [1.54, 1.807) is 20.8 Å². The molecule has 0 saturated heterocycles. The van der Waals surface area contributed by atoms with Gasteiger partial charge in [-0.15, -0.1) is 0 Å². The van der Waals surface area contributed by atoms with Gasteiger partial charge in [-0.1, -0.05) is 62.4 Å². The summed E-state index contributed by atoms with van der Waals surface area (Å²) in [6.45, 7) is 12.3. The first-order valence-electron chi connectivity index (χ1n) is 14.0. The molecule has 2 unspecified atom stereocenters. The average molecular weight is 580 g/mol. The lowest BCUT2D eigenvalue weighted by atomic mass is 9.91. The van der Waals surface area contributed by atoms with E-state index in [4.69, 9.17) is 19.3 Å². The molecule has 0 amide bonds. The third kappa shape index (κ3) is 10.1. The van der Waals surface area contributed by atoms with E-state index >= 15 is 0 Å². The minimum absolute atomic E-state index is 0. The van der Waals surface area contributed by atoms with Crippen LogP contribution in [0.25, 0.3) is 21.5 Å². The maximum absolute atomic E-state index is 12.9. The fourth-order valence-corrected chi connectivity index (χ4v) is 3.57. The van der Waals surface area contributed by atoms with E-state index in [-0.39, 0.29) is 40.2 Å². The Morgan fingerprint density at radius 3 is 1.55 bits per heavy atom. The molecule has 0 aliphatic heterocycles. The van der Waals surface area contributed by atoms with Gasteiger partial charge in [0.2, 0.25) is 0 Å². The zero-order chi connectivity index (χ0) is 30.8. The molecule has 0 aliphatic rings. The molecule has 3 aromatic carbocycles. The van der Waals surface area contributed by atoms with Crippen molar-refractivity contribution in [3.63, 3.8) is 0 Å². The van der Waals surface area contributed by atoms with Gasteiger partial charge in [0.15, 0.2) is 0 Å². The first kappa shape index (κ1) is 36.6. The molecule has 0 bridgehead atoms. The molecule has 0 saturated carbocycles. The molecule has 3 aromatic rings. The summed E-state index contributed by atoms with van der Waals surface area (Å²) < 4.78 is 15.4. The van der Waals surface area contributed by atoms with Gasteiger partial charge in [0.25, 0.3) is 0 Å². The van der Waals surface area contributed by atoms with E-state index in [0.717, 1.165) is 28.0 Å². The van der Waals surface area contributed by atoms with E-state index < -0.39 is 29.0 Å². The van der Waals surface area contributed by atoms with Crippen LogP contribution in [0.5, 0.6) is 0 Å². The summed E-state index contributed by atoms with van der Waals surface area (Å²) in [6, 6.07) is 17.3. The molecule has 2 atom stereocenters. The summed E-state index contributed by atoms with van der Waals surface area (Å²) in [5, 5.41) is 22.4. The smallest absolute Gasteiger partial charge is 0.339 e. The normalized spacial score (nSPS) is 12.8. The first-order chi connectivity index (χ1) is 19.2. The maximum Gasteiger partial charge on any atom is 0.339 e. The van der Waals surface area contributed by atoms with Crippen molar-refractivity contribution in [2.75, 3.05) is 19.8 Å². The summed E-state index contributed by atoms with van der Waals surface area (Å²) in [6.07, 6.45) is -0.296. The van der Waals surface area contributed by atoms with Crippen LogP contribution in [0, 0.1) is 10.8 Å². The fraction of sp³-hybridized carbons (Fsp3) is 0.485. The number of ether oxygens (including phenoxy) is 3. The van der Waals surface area contributed by atoms with Crippen molar-refractivity contribution in [2.24, 2.45) is 10.8 Å². The van der Waals surface area contributed by atoms with Crippen LogP contribution in [0.1, 0.15) is 71.7 Å². The zero-order valence-electron chi connectivity index (χ0n) is 25.8. The number of benzene rings is 3. The van der Waals surface area contributed by atoms with Gasteiger partial charge in [-0.05, 0) is 75.1 Å². The Balaban J connectivity index is 0.000000578. The fourth-order valence-electron chi connectivity index (χ4n) is 3.57. The van der Waals surface area contributed by atoms with Gasteiger partial charge in [0.1, 0.15) is 25.9 Å². The molecule has 227 valence electrons. The minimum Gasteiger partial charge on any atom is -0.463 e. The molecule has 3 rings (SSSR count). The number of hydrogen-bond donors (Lipinski definition) is 2. The molecule has 0 aromatic heterocycles. The number of fused-ring (bicyclic) bond motifs is 2. The highest BCUT2D eigenvalue weighted by molar-refractivity contribution is 6.16. The van der Waals surface area contributed by atoms with Crippen molar-refractivity contribution in [2.45, 2.75) is 73.5 Å². The van der Waals surface area contributed by atoms with Gasteiger partial charge in [-0.3, -0.25) is 9.59 Å². The summed E-state index contributed by atoms with van der Waals surface area (Å²) in [4.78, 5) is 36.2. The van der Waals surface area contributed by atoms with Crippen molar-refractivity contribution in [1.82, 2.24) is 0 Å². The zero-order valence-corrected chi connectivity index (χ0v) is 25.8. The van der Waals surface area contributed by atoms with Gasteiger partial charge in [-0.2, -0.15) is 0 Å². The van der Waals surface area contributed by atoms with Crippen LogP contribution in [0.15, 0.2) is 54.6 Å². The van der Waals surface area contributed by atoms with Crippen molar-refractivity contribution < 1.29 is 38.8 Å². The lowest BCUT2D eigenvalue weighted by Gasteiger charge is -2.21. The second-order valence-corrected chi connectivity index (χ2v) is 11.5. The highest BCUT2D eigenvalue weighted by Gasteiger charge is 2.28. The third-order valence-corrected chi connectivity index (χ3v) is 7.12. The molecule has 0 heterocycles. The second-order valence-electron chi connectivity index (χ2n) is 11.5. The van der Waals surface area contributed by atoms with Crippen LogP contribution in [-0.4, -0.2) is 68.6 Å². The molecular weight excluding hydrogens is 535 g/mol. The molecule has 0 fully saturated rings. The van der Waals surface area contributed by atoms with Gasteiger partial charge < -0.3 is 24.4 Å². The van der Waals surface area contributed by atoms with Crippen molar-refractivity contribution in [1.29, 1.82) is 0 Å². The third-order valence-electron chi connectivity index (χ3n) is 7.12. The highest BCUT2D eigenvalue weighted by Crippen LogP contribution is 2.29. The van der Waals surface area contributed by atoms with Crippen LogP contribution in [0.3, 0.4) is 0 Å². The topological polar surface area (TPSA) is 119 Å². The summed E-state index contributed by atoms with van der Waals surface area (Å²) in [7, 11) is 0. The van der Waals surface area contributed by atoms with Gasteiger partial charge in [-0.25, -0.2) is 4.79 Å². The number of carbonyl (C=O) groups excluding carboxylic acids is 3. The van der Waals surface area contributed by atoms with Crippen molar-refractivity contribution >= 4 is 47.9 Å². The van der Waals surface area contributed by atoms with Crippen LogP contribution in [0.2, 0.25) is 0 Å². The molecular formula is C33H44BO8. The Morgan fingerprint density at radius 1 is 0.714 bits per heavy atom. The van der Waals surface area contributed by atoms with Gasteiger partial charge in [0, 0.05) is 8.41 Å². The Labute approximate surface area is 250 Å². The van der Waals surface area contributed by atoms with Crippen LogP contribution >= 0.6 is 0 Å². The number of hydrogen-bond acceptors (Lipinski definition) is 8. The Morgan fingerprint density at radius 2 is 1.12 bits per heavy atom. The molecule has 0 aliphatic carbocycles. The number of aliphatic hydroxyl groups excluding tert-OH is 2. The Bertz CT molecular complexity index is 1280. The number of aliphatic hydroxyl groups is 2. The molecule has 42 heavy (non-hydrogen) atoms. The molecule has 2 N–H and O–H groups in total. The predicted molar refractivity (Wildman–Crippen MR) is 165 cm³/mol. The minimum atomic E-state index is -1.09. The molecule has 8 nitrogen and oxygen atoms in total. The lowest BCUT2D eigenvalue weighted by Crippen LogP contribution is -2.31. The largest absolute Gasteiger partial charge is 0.463 e. The van der Waals surface area contributed by atoms with E-state index in [2.05, 4.69) is 0 Å². The SMILES string of the molecule is CCC(C)(C)C(=O)OCC(C)O.CCC(C)(C)C(=O)OCC(O)COC(=O)c1c2ccccc2cc2ccccc12.[B]. The maximum atomic E-state index is 12.9. The average Bonchev–Trinajstić information content (AvgIpc) is 2.96. The van der Waals surface area contributed by atoms with E-state index in [1.165, 1.54) is 0 Å². The van der Waals surface area contributed by atoms with Crippen molar-refractivity contribution in [3.05, 3.63) is 60.2 Å². The standard InChI is InChI=1S/C24H26O5.C9H18O3.B/c1-4-24(2,3)23(27)29-15-18(25)14-28-22(26)21-19-11-7-5-9-16(19)13-17-10-6-8-12-20(17)21;1-5-9(3,4)8(11)12-6-7(2)10;/h5-13,18,25H,4,14-15H2,1-3H3;7,10H,5-6H2,1-4H3;. The molecule has 3 radical (unpaired) electrons. The summed E-state index contributed by atoms with van der Waals surface area (Å²) in [5.41, 5.74) is -0.581. The summed E-state index contributed by atoms with van der Waals surface area (Å²) in [5.74, 6) is -1.14. The second kappa shape index (κ2) is 16.3. The Kier molecular flexibility index (Phi) is 14.2. The van der Waals surface area contributed by atoms with Crippen LogP contribution in [-0.2, 0) is 23.8 Å². The number of rotatable bonds is 11. The van der Waals surface area contributed by atoms with Gasteiger partial charge >= 0.3 is 17.9 Å². The van der Waals surface area contributed by atoms with E-state index in [0.29, 0.717) is 12.0 Å². The molecule has 9 heteroatoms. The van der Waals surface area contributed by atoms with Crippen LogP contribution < -0.4 is 0 Å². The van der Waals surface area contributed by atoms with E-state index in [9.17, 15) is 19.5 Å². The lowest BCUT2D eigenvalue weighted by molar-refractivity contribution is -0.158. The molecule has 0 spiro atoms. The monoisotopic (exact) mass is 579 g/mol. The Hall–Kier alpha value is -3.43. The van der Waals surface area contributed by atoms with Crippen molar-refractivity contribution in [3.8, 4) is 0 Å². The first-order valence-corrected chi connectivity index (χ1v) is 14.0. The van der Waals surface area contributed by atoms with E-state index in [1.807, 2.05) is 82.3 Å². The number of carbonyl (C=O) groups is 3. The highest BCUT2D eigenvalue weighted by atomic mass is 16.6. The summed E-state index contributed by atoms with van der Waals surface area (Å²) >= 11 is 0. The van der Waals surface area contributed by atoms with Gasteiger partial charge in [0.05, 0.1) is 22.5 Å². The predicted octanol–water partition coefficient (Wildman–Crippen LogP) is 5.46. The number of esters is 3.